The Morgan fingerprint density at radius 1 is 1.33 bits per heavy atom. The molecule has 0 aromatic carbocycles. The number of aryl methyl sites for hydroxylation is 2. The molecule has 2 fully saturated rings. The van der Waals surface area contributed by atoms with Gasteiger partial charge in [-0.1, -0.05) is 0 Å². The first-order valence-corrected chi connectivity index (χ1v) is 10.5. The SMILES string of the molecule is Cc1nc(C)c(CN2CCC3(CC2)C[C@@H]3N(C)Cc2nccs2)s1. The molecule has 0 radical (unpaired) electrons. The van der Waals surface area contributed by atoms with Crippen molar-refractivity contribution in [2.45, 2.75) is 52.2 Å². The van der Waals surface area contributed by atoms with Crippen LogP contribution in [-0.2, 0) is 13.1 Å². The third kappa shape index (κ3) is 3.29. The van der Waals surface area contributed by atoms with E-state index in [0.29, 0.717) is 5.41 Å². The average Bonchev–Trinajstić information content (AvgIpc) is 2.86. The summed E-state index contributed by atoms with van der Waals surface area (Å²) < 4.78 is 0. The Morgan fingerprint density at radius 2 is 2.12 bits per heavy atom. The number of hydrogen-bond donors (Lipinski definition) is 0. The summed E-state index contributed by atoms with van der Waals surface area (Å²) in [4.78, 5) is 15.6. The Hall–Kier alpha value is -0.820. The number of aromatic nitrogens is 2. The van der Waals surface area contributed by atoms with E-state index in [1.54, 1.807) is 11.3 Å². The van der Waals surface area contributed by atoms with Crippen LogP contribution in [0.15, 0.2) is 11.6 Å². The normalized spacial score (nSPS) is 23.2. The lowest BCUT2D eigenvalue weighted by molar-refractivity contribution is 0.140. The van der Waals surface area contributed by atoms with Crippen LogP contribution in [0.3, 0.4) is 0 Å². The second-order valence-corrected chi connectivity index (χ2v) is 9.71. The van der Waals surface area contributed by atoms with Gasteiger partial charge in [-0.25, -0.2) is 9.97 Å². The summed E-state index contributed by atoms with van der Waals surface area (Å²) in [5.74, 6) is 0. The van der Waals surface area contributed by atoms with Crippen LogP contribution in [0.25, 0.3) is 0 Å². The van der Waals surface area contributed by atoms with Gasteiger partial charge in [0.15, 0.2) is 0 Å². The highest BCUT2D eigenvalue weighted by atomic mass is 32.1. The first-order chi connectivity index (χ1) is 11.6. The van der Waals surface area contributed by atoms with E-state index in [0.717, 1.165) is 19.1 Å². The standard InChI is InChI=1S/C18H26N4S2/c1-13-15(24-14(2)20-13)11-22-7-4-18(5-8-22)10-16(18)21(3)12-17-19-6-9-23-17/h6,9,16H,4-5,7-8,10-12H2,1-3H3/t16-/m0/s1. The molecule has 4 rings (SSSR count). The first-order valence-electron chi connectivity index (χ1n) is 8.80. The third-order valence-corrected chi connectivity index (χ3v) is 7.59. The molecule has 24 heavy (non-hydrogen) atoms. The fourth-order valence-corrected chi connectivity index (χ4v) is 5.88. The van der Waals surface area contributed by atoms with Gasteiger partial charge in [-0.05, 0) is 58.7 Å². The van der Waals surface area contributed by atoms with Crippen molar-refractivity contribution in [2.75, 3.05) is 20.1 Å². The van der Waals surface area contributed by atoms with E-state index < -0.39 is 0 Å². The number of likely N-dealkylation sites (tertiary alicyclic amines) is 1. The minimum atomic E-state index is 0.584. The topological polar surface area (TPSA) is 32.3 Å². The maximum Gasteiger partial charge on any atom is 0.107 e. The summed E-state index contributed by atoms with van der Waals surface area (Å²) in [5.41, 5.74) is 1.81. The van der Waals surface area contributed by atoms with Gasteiger partial charge in [-0.3, -0.25) is 9.80 Å². The number of piperidine rings is 1. The molecule has 3 heterocycles. The number of nitrogens with zero attached hydrogens (tertiary/aromatic N) is 4. The summed E-state index contributed by atoms with van der Waals surface area (Å²) in [7, 11) is 2.27. The molecule has 1 saturated heterocycles. The minimum Gasteiger partial charge on any atom is -0.298 e. The van der Waals surface area contributed by atoms with Crippen LogP contribution in [0.2, 0.25) is 0 Å². The zero-order valence-electron chi connectivity index (χ0n) is 14.8. The molecule has 1 aliphatic heterocycles. The second-order valence-electron chi connectivity index (χ2n) is 7.44. The number of hydrogen-bond acceptors (Lipinski definition) is 6. The van der Waals surface area contributed by atoms with Crippen LogP contribution in [0, 0.1) is 19.3 Å². The summed E-state index contributed by atoms with van der Waals surface area (Å²) in [6, 6.07) is 0.760. The van der Waals surface area contributed by atoms with Crippen molar-refractivity contribution in [3.63, 3.8) is 0 Å². The monoisotopic (exact) mass is 362 g/mol. The first kappa shape index (κ1) is 16.6. The smallest absolute Gasteiger partial charge is 0.107 e. The fraction of sp³-hybridized carbons (Fsp3) is 0.667. The van der Waals surface area contributed by atoms with Gasteiger partial charge in [0.1, 0.15) is 5.01 Å². The molecule has 2 aromatic rings. The highest BCUT2D eigenvalue weighted by Crippen LogP contribution is 2.56. The van der Waals surface area contributed by atoms with Crippen molar-refractivity contribution < 1.29 is 0 Å². The van der Waals surface area contributed by atoms with Crippen LogP contribution in [0.4, 0.5) is 0 Å². The van der Waals surface area contributed by atoms with Gasteiger partial charge in [0.25, 0.3) is 0 Å². The van der Waals surface area contributed by atoms with Crippen molar-refractivity contribution in [2.24, 2.45) is 5.41 Å². The van der Waals surface area contributed by atoms with Crippen molar-refractivity contribution in [1.82, 2.24) is 19.8 Å². The van der Waals surface area contributed by atoms with Gasteiger partial charge >= 0.3 is 0 Å². The summed E-state index contributed by atoms with van der Waals surface area (Å²) in [6.07, 6.45) is 5.98. The summed E-state index contributed by atoms with van der Waals surface area (Å²) in [5, 5.41) is 4.52. The molecule has 0 N–H and O–H groups in total. The zero-order chi connectivity index (χ0) is 16.7. The van der Waals surface area contributed by atoms with E-state index in [9.17, 15) is 0 Å². The largest absolute Gasteiger partial charge is 0.298 e. The highest BCUT2D eigenvalue weighted by Gasteiger charge is 2.56. The maximum absolute atomic E-state index is 4.57. The molecule has 0 bridgehead atoms. The van der Waals surface area contributed by atoms with Gasteiger partial charge < -0.3 is 0 Å². The van der Waals surface area contributed by atoms with Crippen molar-refractivity contribution in [1.29, 1.82) is 0 Å². The van der Waals surface area contributed by atoms with E-state index in [1.807, 2.05) is 17.5 Å². The lowest BCUT2D eigenvalue weighted by atomic mass is 9.92. The quantitative estimate of drug-likeness (QED) is 0.812. The van der Waals surface area contributed by atoms with Crippen LogP contribution in [0.1, 0.15) is 39.8 Å². The van der Waals surface area contributed by atoms with Gasteiger partial charge in [0, 0.05) is 29.0 Å². The van der Waals surface area contributed by atoms with Crippen LogP contribution >= 0.6 is 22.7 Å². The Morgan fingerprint density at radius 3 is 2.75 bits per heavy atom. The number of rotatable bonds is 5. The molecule has 1 atom stereocenters. The maximum atomic E-state index is 4.57. The van der Waals surface area contributed by atoms with Crippen molar-refractivity contribution >= 4 is 22.7 Å². The lowest BCUT2D eigenvalue weighted by Gasteiger charge is -2.33. The number of thiazole rings is 2. The Bertz CT molecular complexity index is 686. The molecule has 1 saturated carbocycles. The molecule has 2 aromatic heterocycles. The average molecular weight is 363 g/mol. The van der Waals surface area contributed by atoms with Gasteiger partial charge in [-0.15, -0.1) is 22.7 Å². The van der Waals surface area contributed by atoms with E-state index >= 15 is 0 Å². The highest BCUT2D eigenvalue weighted by molar-refractivity contribution is 7.11. The summed E-state index contributed by atoms with van der Waals surface area (Å²) in [6.45, 7) is 8.82. The molecular formula is C18H26N4S2. The minimum absolute atomic E-state index is 0.584. The van der Waals surface area contributed by atoms with Gasteiger partial charge in [0.05, 0.1) is 17.2 Å². The molecule has 0 amide bonds. The predicted molar refractivity (Wildman–Crippen MR) is 101 cm³/mol. The Kier molecular flexibility index (Phi) is 4.49. The van der Waals surface area contributed by atoms with E-state index in [4.69, 9.17) is 0 Å². The van der Waals surface area contributed by atoms with E-state index in [-0.39, 0.29) is 0 Å². The van der Waals surface area contributed by atoms with Crippen molar-refractivity contribution in [3.8, 4) is 0 Å². The molecule has 4 nitrogen and oxygen atoms in total. The van der Waals surface area contributed by atoms with Gasteiger partial charge in [-0.2, -0.15) is 0 Å². The van der Waals surface area contributed by atoms with Crippen LogP contribution < -0.4 is 0 Å². The molecule has 1 aliphatic carbocycles. The lowest BCUT2D eigenvalue weighted by Crippen LogP contribution is -2.37. The van der Waals surface area contributed by atoms with Crippen LogP contribution in [-0.4, -0.2) is 45.9 Å². The molecule has 0 unspecified atom stereocenters. The fourth-order valence-electron chi connectivity index (χ4n) is 4.22. The summed E-state index contributed by atoms with van der Waals surface area (Å²) >= 11 is 3.63. The third-order valence-electron chi connectivity index (χ3n) is 5.77. The van der Waals surface area contributed by atoms with E-state index in [2.05, 4.69) is 46.0 Å². The predicted octanol–water partition coefficient (Wildman–Crippen LogP) is 3.70. The molecule has 6 heteroatoms. The van der Waals surface area contributed by atoms with Gasteiger partial charge in [0.2, 0.25) is 0 Å². The molecule has 1 spiro atoms. The Balaban J connectivity index is 1.30. The molecular weight excluding hydrogens is 336 g/mol. The van der Waals surface area contributed by atoms with E-state index in [1.165, 1.54) is 52.9 Å². The second kappa shape index (κ2) is 6.48. The molecule has 130 valence electrons. The van der Waals surface area contributed by atoms with Crippen LogP contribution in [0.5, 0.6) is 0 Å². The zero-order valence-corrected chi connectivity index (χ0v) is 16.4. The Labute approximate surface area is 152 Å². The van der Waals surface area contributed by atoms with Crippen molar-refractivity contribution in [3.05, 3.63) is 32.2 Å². The molecule has 2 aliphatic rings.